The fourth-order valence-electron chi connectivity index (χ4n) is 3.39. The monoisotopic (exact) mass is 373 g/mol. The molecule has 4 heteroatoms. The van der Waals surface area contributed by atoms with Crippen LogP contribution in [0.3, 0.4) is 0 Å². The van der Waals surface area contributed by atoms with Crippen LogP contribution in [-0.2, 0) is 19.9 Å². The van der Waals surface area contributed by atoms with Gasteiger partial charge in [0.25, 0.3) is 0 Å². The minimum atomic E-state index is -2.20. The lowest BCUT2D eigenvalue weighted by atomic mass is 9.85. The molecule has 1 heterocycles. The summed E-state index contributed by atoms with van der Waals surface area (Å²) >= 11 is 0. The van der Waals surface area contributed by atoms with Gasteiger partial charge in [0.2, 0.25) is 5.60 Å². The molecule has 0 bridgehead atoms. The first-order chi connectivity index (χ1) is 15.5. The van der Waals surface area contributed by atoms with Gasteiger partial charge < -0.3 is 14.4 Å². The third kappa shape index (κ3) is 4.40. The second-order valence-corrected chi connectivity index (χ2v) is 6.60. The first-order valence-corrected chi connectivity index (χ1v) is 9.23. The topological polar surface area (TPSA) is 38.8 Å². The summed E-state index contributed by atoms with van der Waals surface area (Å²) in [5.74, 6) is -0.641. The Hall–Kier alpha value is -2.17. The van der Waals surface area contributed by atoms with Gasteiger partial charge in [-0.05, 0) is 37.4 Å². The van der Waals surface area contributed by atoms with Crippen molar-refractivity contribution in [3.05, 3.63) is 71.8 Å². The normalized spacial score (nSPS) is 20.4. The Kier molecular flexibility index (Phi) is 4.44. The Morgan fingerprint density at radius 2 is 1.67 bits per heavy atom. The summed E-state index contributed by atoms with van der Waals surface area (Å²) < 4.78 is 57.3. The molecule has 0 spiro atoms. The smallest absolute Gasteiger partial charge is 0.348 e. The van der Waals surface area contributed by atoms with Crippen molar-refractivity contribution in [2.75, 3.05) is 26.7 Å². The molecule has 0 saturated carbocycles. The number of likely N-dealkylation sites (tertiary alicyclic amines) is 1. The predicted octanol–water partition coefficient (Wildman–Crippen LogP) is 3.99. The lowest BCUT2D eigenvalue weighted by molar-refractivity contribution is -0.176. The number of carbonyl (C=O) groups excluding carboxylic acids is 1. The first-order valence-electron chi connectivity index (χ1n) is 12.2. The van der Waals surface area contributed by atoms with Crippen LogP contribution in [0.5, 0.6) is 0 Å². The Labute approximate surface area is 170 Å². The first kappa shape index (κ1) is 13.1. The zero-order valence-corrected chi connectivity index (χ0v) is 15.3. The molecule has 2 aromatic rings. The molecule has 0 N–H and O–H groups in total. The number of hydrogen-bond acceptors (Lipinski definition) is 4. The molecule has 1 saturated heterocycles. The lowest BCUT2D eigenvalue weighted by Gasteiger charge is -2.36. The zero-order chi connectivity index (χ0) is 24.1. The molecule has 1 aliphatic heterocycles. The molecule has 0 aliphatic carbocycles. The number of hydrogen-bond donors (Lipinski definition) is 0. The summed E-state index contributed by atoms with van der Waals surface area (Å²) in [6.07, 6.45) is 0.0886. The van der Waals surface area contributed by atoms with Gasteiger partial charge in [-0.2, -0.15) is 0 Å². The number of nitrogens with zero attached hydrogens (tertiary/aromatic N) is 1. The van der Waals surface area contributed by atoms with E-state index in [1.54, 1.807) is 48.5 Å². The van der Waals surface area contributed by atoms with Crippen LogP contribution in [0, 0.1) is 0 Å². The maximum atomic E-state index is 13.8. The van der Waals surface area contributed by atoms with E-state index in [0.717, 1.165) is 0 Å². The molecule has 3 rings (SSSR count). The molecule has 144 valence electrons. The molecule has 0 radical (unpaired) electrons. The Bertz CT molecular complexity index is 854. The van der Waals surface area contributed by atoms with Crippen LogP contribution < -0.4 is 0 Å². The van der Waals surface area contributed by atoms with E-state index in [0.29, 0.717) is 24.0 Å². The molecule has 0 aromatic heterocycles. The molecule has 0 amide bonds. The Morgan fingerprint density at radius 3 is 2.19 bits per heavy atom. The highest BCUT2D eigenvalue weighted by Crippen LogP contribution is 2.36. The largest absolute Gasteiger partial charge is 0.460 e. The molecular formula is C23H29NO3. The van der Waals surface area contributed by atoms with Crippen LogP contribution in [0.25, 0.3) is 0 Å². The third-order valence-electron chi connectivity index (χ3n) is 4.78. The number of rotatable bonds is 7. The van der Waals surface area contributed by atoms with E-state index in [2.05, 4.69) is 0 Å². The van der Waals surface area contributed by atoms with Crippen molar-refractivity contribution in [1.29, 1.82) is 0 Å². The average molecular weight is 374 g/mol. The maximum absolute atomic E-state index is 13.8. The Morgan fingerprint density at radius 1 is 1.07 bits per heavy atom. The van der Waals surface area contributed by atoms with Gasteiger partial charge in [0.15, 0.2) is 0 Å². The van der Waals surface area contributed by atoms with E-state index in [1.807, 2.05) is 12.1 Å². The van der Waals surface area contributed by atoms with E-state index in [4.69, 9.17) is 17.7 Å². The number of benzene rings is 2. The summed E-state index contributed by atoms with van der Waals surface area (Å²) in [4.78, 5) is 15.2. The van der Waals surface area contributed by atoms with E-state index < -0.39 is 31.5 Å². The number of piperidine rings is 1. The average Bonchev–Trinajstić information content (AvgIpc) is 2.77. The summed E-state index contributed by atoms with van der Waals surface area (Å²) in [7, 11) is 0. The van der Waals surface area contributed by atoms with Gasteiger partial charge in [-0.15, -0.1) is 0 Å². The van der Waals surface area contributed by atoms with Crippen LogP contribution in [0.4, 0.5) is 0 Å². The summed E-state index contributed by atoms with van der Waals surface area (Å²) in [6, 6.07) is 17.8. The number of carbonyl (C=O) groups is 1. The molecule has 4 nitrogen and oxygen atoms in total. The van der Waals surface area contributed by atoms with Crippen molar-refractivity contribution in [3.8, 4) is 0 Å². The van der Waals surface area contributed by atoms with Crippen LogP contribution in [0.15, 0.2) is 60.7 Å². The number of ether oxygens (including phenoxy) is 2. The second-order valence-electron chi connectivity index (χ2n) is 6.60. The SMILES string of the molecule is [2H]C([2H])([2H])CCOC(C(=O)OC1CCN(C([2H])([2H])[2H])CC1)(c1ccccc1)c1ccccc1. The second kappa shape index (κ2) is 9.16. The molecule has 2 aromatic carbocycles. The predicted molar refractivity (Wildman–Crippen MR) is 107 cm³/mol. The van der Waals surface area contributed by atoms with Gasteiger partial charge >= 0.3 is 5.97 Å². The minimum absolute atomic E-state index is 0.174. The van der Waals surface area contributed by atoms with Crippen molar-refractivity contribution in [2.45, 2.75) is 37.8 Å². The van der Waals surface area contributed by atoms with Gasteiger partial charge in [-0.3, -0.25) is 0 Å². The van der Waals surface area contributed by atoms with Gasteiger partial charge in [-0.1, -0.05) is 67.5 Å². The highest BCUT2D eigenvalue weighted by molar-refractivity contribution is 5.86. The van der Waals surface area contributed by atoms with E-state index in [-0.39, 0.29) is 26.1 Å². The van der Waals surface area contributed by atoms with Gasteiger partial charge in [0.1, 0.15) is 6.10 Å². The number of esters is 1. The summed E-state index contributed by atoms with van der Waals surface area (Å²) in [5.41, 5.74) is -0.576. The van der Waals surface area contributed by atoms with Crippen LogP contribution in [-0.4, -0.2) is 43.6 Å². The van der Waals surface area contributed by atoms with Crippen molar-refractivity contribution in [2.24, 2.45) is 0 Å². The van der Waals surface area contributed by atoms with E-state index in [1.165, 1.54) is 4.90 Å². The summed E-state index contributed by atoms with van der Waals surface area (Å²) in [6.45, 7) is -3.97. The van der Waals surface area contributed by atoms with Crippen LogP contribution in [0.2, 0.25) is 0 Å². The van der Waals surface area contributed by atoms with Gasteiger partial charge in [0.05, 0.1) is 0 Å². The molecule has 27 heavy (non-hydrogen) atoms. The van der Waals surface area contributed by atoms with E-state index >= 15 is 0 Å². The van der Waals surface area contributed by atoms with Crippen LogP contribution in [0.1, 0.15) is 45.5 Å². The molecule has 1 fully saturated rings. The molecule has 0 unspecified atom stereocenters. The van der Waals surface area contributed by atoms with Gasteiger partial charge in [0, 0.05) is 27.9 Å². The van der Waals surface area contributed by atoms with Crippen LogP contribution >= 0.6 is 0 Å². The van der Waals surface area contributed by atoms with Crippen molar-refractivity contribution in [3.63, 3.8) is 0 Å². The van der Waals surface area contributed by atoms with Crippen molar-refractivity contribution >= 4 is 5.97 Å². The van der Waals surface area contributed by atoms with Crippen molar-refractivity contribution < 1.29 is 22.5 Å². The standard InChI is InChI=1S/C23H29NO3/c1-3-18-26-23(19-10-6-4-7-11-19,20-12-8-5-9-13-20)22(25)27-21-14-16-24(2)17-15-21/h4-13,21H,3,14-18H2,1-2H3/i1D3,2D3. The highest BCUT2D eigenvalue weighted by Gasteiger charge is 2.46. The van der Waals surface area contributed by atoms with E-state index in [9.17, 15) is 4.79 Å². The Balaban J connectivity index is 1.91. The van der Waals surface area contributed by atoms with Gasteiger partial charge in [-0.25, -0.2) is 4.79 Å². The molecule has 1 aliphatic rings. The third-order valence-corrected chi connectivity index (χ3v) is 4.78. The lowest BCUT2D eigenvalue weighted by Crippen LogP contribution is -2.45. The quantitative estimate of drug-likeness (QED) is 0.688. The van der Waals surface area contributed by atoms with Crippen molar-refractivity contribution in [1.82, 2.24) is 4.90 Å². The fourth-order valence-corrected chi connectivity index (χ4v) is 3.39. The zero-order valence-electron chi connectivity index (χ0n) is 21.3. The maximum Gasteiger partial charge on any atom is 0.348 e. The molecule has 0 atom stereocenters. The fraction of sp³-hybridized carbons (Fsp3) is 0.435. The summed E-state index contributed by atoms with van der Waals surface area (Å²) in [5, 5.41) is 0. The molecular weight excluding hydrogens is 338 g/mol. The minimum Gasteiger partial charge on any atom is -0.460 e. The highest BCUT2D eigenvalue weighted by atomic mass is 16.6.